The first kappa shape index (κ1) is 7.24. The Kier molecular flexibility index (Phi) is 2.68. The predicted octanol–water partition coefficient (Wildman–Crippen LogP) is 0.650. The lowest BCUT2D eigenvalue weighted by Crippen LogP contribution is -2.10. The fourth-order valence-corrected chi connectivity index (χ4v) is 1.74. The maximum absolute atomic E-state index is 2.38. The van der Waals surface area contributed by atoms with Gasteiger partial charge in [0.2, 0.25) is 0 Å². The first-order valence-electron chi connectivity index (χ1n) is 4.33. The monoisotopic (exact) mass is 122 g/mol. The first-order chi connectivity index (χ1) is 4.33. The van der Waals surface area contributed by atoms with Crippen molar-refractivity contribution in [1.29, 1.82) is 0 Å². The summed E-state index contributed by atoms with van der Waals surface area (Å²) in [6.07, 6.45) is 7.37. The summed E-state index contributed by atoms with van der Waals surface area (Å²) in [4.78, 5) is 0. The summed E-state index contributed by atoms with van der Waals surface area (Å²) in [6.45, 7) is 0. The van der Waals surface area contributed by atoms with Crippen molar-refractivity contribution in [1.82, 2.24) is 0 Å². The van der Waals surface area contributed by atoms with Crippen LogP contribution in [0.3, 0.4) is 0 Å². The summed E-state index contributed by atoms with van der Waals surface area (Å²) in [5.74, 6) is 2.09. The van der Waals surface area contributed by atoms with E-state index in [4.69, 9.17) is 0 Å². The topological polar surface area (TPSA) is 0 Å². The second-order valence-corrected chi connectivity index (χ2v) is 3.53. The van der Waals surface area contributed by atoms with E-state index in [1.54, 1.807) is 0 Å². The molecule has 1 aliphatic carbocycles. The largest absolute Gasteiger partial charge is 0.105 e. The van der Waals surface area contributed by atoms with Crippen molar-refractivity contribution in [2.24, 2.45) is 5.92 Å². The smallest absolute Gasteiger partial charge is 0.0783 e. The summed E-state index contributed by atoms with van der Waals surface area (Å²) in [6, 6.07) is 0. The van der Waals surface area contributed by atoms with Gasteiger partial charge in [0.05, 0.1) is 0 Å². The third-order valence-electron chi connectivity index (χ3n) is 2.71. The van der Waals surface area contributed by atoms with Gasteiger partial charge in [0.15, 0.2) is 0 Å². The van der Waals surface area contributed by atoms with E-state index in [0.717, 1.165) is 11.7 Å². The van der Waals surface area contributed by atoms with Crippen LogP contribution in [-0.2, 0) is 0 Å². The molecule has 0 aromatic carbocycles. The molecule has 0 nitrogen and oxygen atoms in total. The van der Waals surface area contributed by atoms with Crippen LogP contribution in [0.5, 0.6) is 0 Å². The van der Waals surface area contributed by atoms with Crippen molar-refractivity contribution in [3.8, 4) is 0 Å². The number of hydrogen-bond donors (Lipinski definition) is 0. The van der Waals surface area contributed by atoms with E-state index < -0.39 is 0 Å². The molecule has 0 heterocycles. The molecule has 1 saturated carbocycles. The third kappa shape index (κ3) is 2.08. The molecule has 1 rings (SSSR count). The molecule has 1 aliphatic rings. The van der Waals surface area contributed by atoms with Crippen molar-refractivity contribution >= 4 is 15.7 Å². The molecule has 0 atom stereocenters. The van der Waals surface area contributed by atoms with E-state index in [1.165, 1.54) is 32.0 Å². The van der Waals surface area contributed by atoms with Gasteiger partial charge in [-0.2, -0.15) is 0 Å². The molecule has 0 amide bonds. The van der Waals surface area contributed by atoms with Crippen LogP contribution in [0.4, 0.5) is 0 Å². The van der Waals surface area contributed by atoms with Crippen molar-refractivity contribution in [3.63, 3.8) is 0 Å². The van der Waals surface area contributed by atoms with Crippen molar-refractivity contribution in [3.05, 3.63) is 0 Å². The van der Waals surface area contributed by atoms with Gasteiger partial charge in [-0.1, -0.05) is 37.8 Å². The molecule has 0 aromatic rings. The van der Waals surface area contributed by atoms with E-state index >= 15 is 0 Å². The molecular formula is C7H16B2. The van der Waals surface area contributed by atoms with Gasteiger partial charge < -0.3 is 0 Å². The quantitative estimate of drug-likeness (QED) is 0.447. The standard InChI is InChI=1S/C7H16B2/c8-5-6-1-3-7(9)4-2-6/h6-7H,1-5,8-9H2. The highest BCUT2D eigenvalue weighted by molar-refractivity contribution is 6.11. The van der Waals surface area contributed by atoms with Crippen LogP contribution in [0.1, 0.15) is 25.7 Å². The molecule has 1 fully saturated rings. The highest BCUT2D eigenvalue weighted by Gasteiger charge is 2.15. The van der Waals surface area contributed by atoms with E-state index in [-0.39, 0.29) is 0 Å². The Morgan fingerprint density at radius 1 is 1.11 bits per heavy atom. The van der Waals surface area contributed by atoms with Gasteiger partial charge in [-0.05, 0) is 5.92 Å². The minimum absolute atomic E-state index is 1.02. The maximum Gasteiger partial charge on any atom is 0.105 e. The molecule has 0 bridgehead atoms. The lowest BCUT2D eigenvalue weighted by molar-refractivity contribution is 0.386. The van der Waals surface area contributed by atoms with Crippen LogP contribution in [0.25, 0.3) is 0 Å². The highest BCUT2D eigenvalue weighted by atomic mass is 14.2. The summed E-state index contributed by atoms with van der Waals surface area (Å²) in [5, 5.41) is 0. The van der Waals surface area contributed by atoms with Crippen molar-refractivity contribution in [2.45, 2.75) is 37.8 Å². The van der Waals surface area contributed by atoms with Gasteiger partial charge in [-0.25, -0.2) is 0 Å². The zero-order chi connectivity index (χ0) is 6.69. The van der Waals surface area contributed by atoms with Gasteiger partial charge in [-0.15, -0.1) is 0 Å². The average Bonchev–Trinajstić information content (AvgIpc) is 1.90. The minimum Gasteiger partial charge on any atom is -0.0783 e. The molecule has 0 spiro atoms. The average molecular weight is 122 g/mol. The van der Waals surface area contributed by atoms with Crippen molar-refractivity contribution < 1.29 is 0 Å². The fourth-order valence-electron chi connectivity index (χ4n) is 1.74. The van der Waals surface area contributed by atoms with Crippen molar-refractivity contribution in [2.75, 3.05) is 0 Å². The third-order valence-corrected chi connectivity index (χ3v) is 2.71. The Balaban J connectivity index is 2.18. The Morgan fingerprint density at radius 2 is 1.67 bits per heavy atom. The van der Waals surface area contributed by atoms with Gasteiger partial charge in [0.1, 0.15) is 15.7 Å². The van der Waals surface area contributed by atoms with Crippen LogP contribution < -0.4 is 0 Å². The zero-order valence-corrected chi connectivity index (χ0v) is 6.69. The summed E-state index contributed by atoms with van der Waals surface area (Å²) >= 11 is 0. The molecule has 0 saturated heterocycles. The van der Waals surface area contributed by atoms with Gasteiger partial charge in [0, 0.05) is 0 Å². The molecule has 0 unspecified atom stereocenters. The summed E-state index contributed by atoms with van der Waals surface area (Å²) in [5.41, 5.74) is 0. The maximum atomic E-state index is 2.38. The molecule has 2 heteroatoms. The second-order valence-electron chi connectivity index (χ2n) is 3.53. The second kappa shape index (κ2) is 3.34. The fraction of sp³-hybridized carbons (Fsp3) is 1.00. The molecular weight excluding hydrogens is 106 g/mol. The van der Waals surface area contributed by atoms with E-state index in [9.17, 15) is 0 Å². The summed E-state index contributed by atoms with van der Waals surface area (Å²) in [7, 11) is 4.70. The van der Waals surface area contributed by atoms with Crippen LogP contribution in [0, 0.1) is 5.92 Å². The molecule has 9 heavy (non-hydrogen) atoms. The van der Waals surface area contributed by atoms with Crippen LogP contribution in [-0.4, -0.2) is 15.7 Å². The van der Waals surface area contributed by atoms with Gasteiger partial charge in [-0.3, -0.25) is 0 Å². The highest BCUT2D eigenvalue weighted by Crippen LogP contribution is 2.31. The lowest BCUT2D eigenvalue weighted by atomic mass is 9.69. The molecule has 50 valence electrons. The molecule has 0 aliphatic heterocycles. The molecule has 0 radical (unpaired) electrons. The molecule has 0 aromatic heterocycles. The SMILES string of the molecule is BCC1CCC(B)CC1. The Bertz CT molecular complexity index is 75.0. The van der Waals surface area contributed by atoms with Gasteiger partial charge in [0.25, 0.3) is 0 Å². The predicted molar refractivity (Wildman–Crippen MR) is 47.6 cm³/mol. The Labute approximate surface area is 60.2 Å². The summed E-state index contributed by atoms with van der Waals surface area (Å²) < 4.78 is 0. The Morgan fingerprint density at radius 3 is 2.11 bits per heavy atom. The van der Waals surface area contributed by atoms with Gasteiger partial charge >= 0.3 is 0 Å². The van der Waals surface area contributed by atoms with Crippen LogP contribution in [0.2, 0.25) is 12.1 Å². The first-order valence-corrected chi connectivity index (χ1v) is 4.33. The zero-order valence-electron chi connectivity index (χ0n) is 6.69. The normalized spacial score (nSPS) is 36.4. The Hall–Kier alpha value is 0.130. The number of rotatable bonds is 1. The van der Waals surface area contributed by atoms with E-state index in [1.807, 2.05) is 0 Å². The van der Waals surface area contributed by atoms with E-state index in [2.05, 4.69) is 15.7 Å². The van der Waals surface area contributed by atoms with Crippen LogP contribution in [0.15, 0.2) is 0 Å². The minimum atomic E-state index is 1.02. The lowest BCUT2D eigenvalue weighted by Gasteiger charge is -2.24. The molecule has 0 N–H and O–H groups in total. The van der Waals surface area contributed by atoms with Crippen LogP contribution >= 0.6 is 0 Å². The van der Waals surface area contributed by atoms with E-state index in [0.29, 0.717) is 0 Å². The number of hydrogen-bond acceptors (Lipinski definition) is 0.